The van der Waals surface area contributed by atoms with Crippen molar-refractivity contribution in [1.82, 2.24) is 5.32 Å². The van der Waals surface area contributed by atoms with Crippen LogP contribution in [-0.4, -0.2) is 12.0 Å². The fraction of sp³-hybridized carbons (Fsp3) is 0.143. The third-order valence-electron chi connectivity index (χ3n) is 4.35. The second kappa shape index (κ2) is 7.82. The minimum Gasteiger partial charge on any atom is -0.353 e. The predicted molar refractivity (Wildman–Crippen MR) is 107 cm³/mol. The van der Waals surface area contributed by atoms with Crippen molar-refractivity contribution < 1.29 is 4.79 Å². The van der Waals surface area contributed by atoms with Gasteiger partial charge in [0.05, 0.1) is 22.6 Å². The van der Waals surface area contributed by atoms with Crippen molar-refractivity contribution in [2.45, 2.75) is 12.8 Å². The molecule has 1 aliphatic rings. The summed E-state index contributed by atoms with van der Waals surface area (Å²) >= 11 is 7.89. The van der Waals surface area contributed by atoms with Gasteiger partial charge in [-0.1, -0.05) is 60.1 Å². The highest BCUT2D eigenvalue weighted by molar-refractivity contribution is 8.02. The molecule has 3 rings (SSSR count). The summed E-state index contributed by atoms with van der Waals surface area (Å²) in [6, 6.07) is 18.8. The lowest BCUT2D eigenvalue weighted by Gasteiger charge is -2.30. The van der Waals surface area contributed by atoms with Gasteiger partial charge < -0.3 is 5.32 Å². The van der Waals surface area contributed by atoms with Crippen LogP contribution in [0.25, 0.3) is 0 Å². The van der Waals surface area contributed by atoms with E-state index < -0.39 is 5.92 Å². The van der Waals surface area contributed by atoms with Gasteiger partial charge in [-0.3, -0.25) is 4.79 Å². The molecule has 1 N–H and O–H groups in total. The number of carbonyl (C=O) groups excluding carboxylic acids is 1. The van der Waals surface area contributed by atoms with Crippen molar-refractivity contribution in [1.29, 1.82) is 5.26 Å². The van der Waals surface area contributed by atoms with Gasteiger partial charge in [0.1, 0.15) is 0 Å². The zero-order chi connectivity index (χ0) is 18.7. The average Bonchev–Trinajstić information content (AvgIpc) is 2.67. The summed E-state index contributed by atoms with van der Waals surface area (Å²) in [4.78, 5) is 13.3. The van der Waals surface area contributed by atoms with Crippen LogP contribution in [0, 0.1) is 11.3 Å². The van der Waals surface area contributed by atoms with Crippen molar-refractivity contribution in [3.8, 4) is 6.07 Å². The molecule has 0 bridgehead atoms. The van der Waals surface area contributed by atoms with Gasteiger partial charge >= 0.3 is 0 Å². The highest BCUT2D eigenvalue weighted by atomic mass is 35.5. The first kappa shape index (κ1) is 18.3. The van der Waals surface area contributed by atoms with E-state index in [1.54, 1.807) is 18.2 Å². The smallest absolute Gasteiger partial charge is 0.191 e. The molecule has 2 aromatic carbocycles. The zero-order valence-electron chi connectivity index (χ0n) is 14.4. The van der Waals surface area contributed by atoms with Crippen LogP contribution in [0.2, 0.25) is 5.02 Å². The third kappa shape index (κ3) is 3.29. The van der Waals surface area contributed by atoms with Gasteiger partial charge in [-0.25, -0.2) is 0 Å². The molecule has 0 fully saturated rings. The second-order valence-corrected chi connectivity index (χ2v) is 7.10. The third-order valence-corrected chi connectivity index (χ3v) is 5.42. The molecule has 26 heavy (non-hydrogen) atoms. The molecule has 1 atom stereocenters. The fourth-order valence-electron chi connectivity index (χ4n) is 3.14. The summed E-state index contributed by atoms with van der Waals surface area (Å²) in [5, 5.41) is 14.3. The molecular formula is C21H17ClN2OS. The topological polar surface area (TPSA) is 52.9 Å². The van der Waals surface area contributed by atoms with E-state index in [1.165, 1.54) is 11.8 Å². The van der Waals surface area contributed by atoms with E-state index in [0.717, 1.165) is 16.3 Å². The van der Waals surface area contributed by atoms with Gasteiger partial charge in [-0.15, -0.1) is 11.8 Å². The van der Waals surface area contributed by atoms with Crippen LogP contribution < -0.4 is 5.32 Å². The number of ketones is 1. The SMILES string of the molecule is CSC1=C(C#N)[C@@H](c2ccccc2Cl)C(C(=O)c2ccccc2)=C(C)N1. The van der Waals surface area contributed by atoms with Crippen LogP contribution in [0.5, 0.6) is 0 Å². The molecule has 0 unspecified atom stereocenters. The van der Waals surface area contributed by atoms with Crippen molar-refractivity contribution in [2.24, 2.45) is 0 Å². The molecule has 0 spiro atoms. The molecule has 0 aliphatic carbocycles. The summed E-state index contributed by atoms with van der Waals surface area (Å²) in [6.45, 7) is 1.87. The van der Waals surface area contributed by atoms with Crippen LogP contribution in [0.1, 0.15) is 28.8 Å². The quantitative estimate of drug-likeness (QED) is 0.733. The Morgan fingerprint density at radius 2 is 1.81 bits per heavy atom. The lowest BCUT2D eigenvalue weighted by molar-refractivity contribution is 0.102. The summed E-state index contributed by atoms with van der Waals surface area (Å²) in [5.74, 6) is -0.599. The Hall–Kier alpha value is -2.48. The molecule has 1 aliphatic heterocycles. The molecule has 3 nitrogen and oxygen atoms in total. The minimum absolute atomic E-state index is 0.103. The fourth-order valence-corrected chi connectivity index (χ4v) is 4.02. The van der Waals surface area contributed by atoms with E-state index >= 15 is 0 Å². The Morgan fingerprint density at radius 3 is 2.42 bits per heavy atom. The number of nitriles is 1. The summed E-state index contributed by atoms with van der Waals surface area (Å²) in [5.41, 5.74) is 3.16. The van der Waals surface area contributed by atoms with E-state index in [0.29, 0.717) is 21.7 Å². The molecule has 1 heterocycles. The first-order valence-corrected chi connectivity index (χ1v) is 9.69. The van der Waals surface area contributed by atoms with Gasteiger partial charge in [0.25, 0.3) is 0 Å². The molecular weight excluding hydrogens is 364 g/mol. The number of rotatable bonds is 4. The van der Waals surface area contributed by atoms with E-state index in [2.05, 4.69) is 11.4 Å². The summed E-state index contributed by atoms with van der Waals surface area (Å²) in [6.07, 6.45) is 1.90. The van der Waals surface area contributed by atoms with Gasteiger partial charge in [-0.2, -0.15) is 5.26 Å². The molecule has 0 saturated carbocycles. The predicted octanol–water partition coefficient (Wildman–Crippen LogP) is 5.28. The monoisotopic (exact) mass is 380 g/mol. The van der Waals surface area contributed by atoms with Gasteiger partial charge in [0.15, 0.2) is 5.78 Å². The highest BCUT2D eigenvalue weighted by Gasteiger charge is 2.35. The standard InChI is InChI=1S/C21H17ClN2OS/c1-13-18(20(25)14-8-4-3-5-9-14)19(15-10-6-7-11-17(15)22)16(12-23)21(24-13)26-2/h3-11,19,24H,1-2H3/t19-/m1/s1. The van der Waals surface area contributed by atoms with E-state index in [1.807, 2.05) is 49.6 Å². The van der Waals surface area contributed by atoms with Gasteiger partial charge in [0, 0.05) is 21.9 Å². The summed E-state index contributed by atoms with van der Waals surface area (Å²) < 4.78 is 0. The number of allylic oxidation sites excluding steroid dienone is 3. The number of nitrogens with zero attached hydrogens (tertiary/aromatic N) is 1. The zero-order valence-corrected chi connectivity index (χ0v) is 16.0. The molecule has 5 heteroatoms. The molecule has 0 aromatic heterocycles. The van der Waals surface area contributed by atoms with E-state index in [4.69, 9.17) is 11.6 Å². The number of benzene rings is 2. The van der Waals surface area contributed by atoms with Crippen molar-refractivity contribution >= 4 is 29.1 Å². The number of nitrogens with one attached hydrogen (secondary N) is 1. The molecule has 130 valence electrons. The lowest BCUT2D eigenvalue weighted by atomic mass is 9.79. The number of dihydropyridines is 1. The Morgan fingerprint density at radius 1 is 1.15 bits per heavy atom. The molecule has 0 amide bonds. The maximum atomic E-state index is 13.3. The number of Topliss-reactive ketones (excluding diaryl/α,β-unsaturated/α-hetero) is 1. The number of hydrogen-bond donors (Lipinski definition) is 1. The first-order chi connectivity index (χ1) is 12.6. The normalized spacial score (nSPS) is 16.9. The Balaban J connectivity index is 2.22. The van der Waals surface area contributed by atoms with Gasteiger partial charge in [0.2, 0.25) is 0 Å². The summed E-state index contributed by atoms with van der Waals surface area (Å²) in [7, 11) is 0. The van der Waals surface area contributed by atoms with Crippen LogP contribution in [0.15, 0.2) is 76.5 Å². The van der Waals surface area contributed by atoms with Crippen molar-refractivity contribution in [3.05, 3.63) is 92.6 Å². The largest absolute Gasteiger partial charge is 0.353 e. The Kier molecular flexibility index (Phi) is 5.51. The van der Waals surface area contributed by atoms with Crippen LogP contribution in [0.4, 0.5) is 0 Å². The molecule has 2 aromatic rings. The average molecular weight is 381 g/mol. The second-order valence-electron chi connectivity index (χ2n) is 5.87. The highest BCUT2D eigenvalue weighted by Crippen LogP contribution is 2.43. The molecule has 0 saturated heterocycles. The number of carbonyl (C=O) groups is 1. The van der Waals surface area contributed by atoms with Crippen LogP contribution in [0.3, 0.4) is 0 Å². The van der Waals surface area contributed by atoms with Crippen molar-refractivity contribution in [2.75, 3.05) is 6.26 Å². The number of hydrogen-bond acceptors (Lipinski definition) is 4. The maximum absolute atomic E-state index is 13.3. The minimum atomic E-state index is -0.495. The lowest BCUT2D eigenvalue weighted by Crippen LogP contribution is -2.28. The van der Waals surface area contributed by atoms with E-state index in [-0.39, 0.29) is 5.78 Å². The number of thioether (sulfide) groups is 1. The van der Waals surface area contributed by atoms with Crippen LogP contribution in [-0.2, 0) is 0 Å². The van der Waals surface area contributed by atoms with Crippen molar-refractivity contribution in [3.63, 3.8) is 0 Å². The Labute approximate surface area is 162 Å². The van der Waals surface area contributed by atoms with Crippen LogP contribution >= 0.6 is 23.4 Å². The first-order valence-electron chi connectivity index (χ1n) is 8.08. The Bertz CT molecular complexity index is 957. The van der Waals surface area contributed by atoms with Gasteiger partial charge in [-0.05, 0) is 24.8 Å². The number of halogens is 1. The van der Waals surface area contributed by atoms with E-state index in [9.17, 15) is 10.1 Å². The molecule has 0 radical (unpaired) electrons. The maximum Gasteiger partial charge on any atom is 0.191 e.